The van der Waals surface area contributed by atoms with Gasteiger partial charge in [-0.2, -0.15) is 5.10 Å². The number of thiazole rings is 1. The van der Waals surface area contributed by atoms with E-state index in [1.54, 1.807) is 10.9 Å². The van der Waals surface area contributed by atoms with Crippen molar-refractivity contribution in [3.8, 4) is 11.3 Å². The van der Waals surface area contributed by atoms with Crippen LogP contribution in [0.2, 0.25) is 0 Å². The van der Waals surface area contributed by atoms with Crippen LogP contribution in [0.5, 0.6) is 0 Å². The van der Waals surface area contributed by atoms with Gasteiger partial charge in [-0.1, -0.05) is 36.3 Å². The molecule has 7 heteroatoms. The van der Waals surface area contributed by atoms with Crippen molar-refractivity contribution in [2.24, 2.45) is 13.0 Å². The van der Waals surface area contributed by atoms with Crippen LogP contribution in [0, 0.1) is 5.92 Å². The molecule has 0 radical (unpaired) electrons. The minimum absolute atomic E-state index is 0.112. The summed E-state index contributed by atoms with van der Waals surface area (Å²) in [5, 5.41) is 8.27. The maximum absolute atomic E-state index is 12.5. The average molecular weight is 358 g/mol. The van der Waals surface area contributed by atoms with E-state index in [0.29, 0.717) is 12.3 Å². The molecule has 1 atom stereocenters. The number of hydrogen-bond donors (Lipinski definition) is 0. The van der Waals surface area contributed by atoms with Crippen LogP contribution in [0.4, 0.5) is 0 Å². The van der Waals surface area contributed by atoms with E-state index in [2.05, 4.69) is 17.2 Å². The first-order valence-corrected chi connectivity index (χ1v) is 9.61. The molecule has 0 saturated carbocycles. The number of hydrogen-bond acceptors (Lipinski definition) is 5. The van der Waals surface area contributed by atoms with Gasteiger partial charge in [0.1, 0.15) is 5.69 Å². The summed E-state index contributed by atoms with van der Waals surface area (Å²) in [6.07, 6.45) is 9.33. The molecule has 1 aliphatic carbocycles. The summed E-state index contributed by atoms with van der Waals surface area (Å²) in [4.78, 5) is 13.8. The lowest BCUT2D eigenvalue weighted by molar-refractivity contribution is 0.371. The van der Waals surface area contributed by atoms with Crippen LogP contribution in [0.15, 0.2) is 27.8 Å². The van der Waals surface area contributed by atoms with E-state index in [0.717, 1.165) is 30.0 Å². The molecule has 0 N–H and O–H groups in total. The molecule has 6 nitrogen and oxygen atoms in total. The van der Waals surface area contributed by atoms with E-state index in [1.807, 2.05) is 23.9 Å². The maximum atomic E-state index is 12.5. The third kappa shape index (κ3) is 3.20. The van der Waals surface area contributed by atoms with E-state index in [9.17, 15) is 4.79 Å². The lowest BCUT2D eigenvalue weighted by Gasteiger charge is -2.22. The summed E-state index contributed by atoms with van der Waals surface area (Å²) in [5.41, 5.74) is 2.87. The van der Waals surface area contributed by atoms with Crippen LogP contribution >= 0.6 is 11.3 Å². The Morgan fingerprint density at radius 2 is 2.32 bits per heavy atom. The molecular formula is C18H22N4O2S. The first-order chi connectivity index (χ1) is 12.1. The van der Waals surface area contributed by atoms with Crippen LogP contribution in [0.1, 0.15) is 42.5 Å². The molecule has 0 aromatic carbocycles. The normalized spacial score (nSPS) is 17.0. The molecule has 0 aliphatic heterocycles. The topological polar surface area (TPSA) is 65.8 Å². The van der Waals surface area contributed by atoms with Gasteiger partial charge >= 0.3 is 4.87 Å². The second-order valence-corrected chi connectivity index (χ2v) is 7.85. The number of fused-ring (bicyclic) bond motifs is 1. The zero-order chi connectivity index (χ0) is 17.4. The minimum atomic E-state index is 0.112. The Labute approximate surface area is 150 Å². The largest absolute Gasteiger partial charge is 0.359 e. The zero-order valence-corrected chi connectivity index (χ0v) is 15.4. The Kier molecular flexibility index (Phi) is 4.33. The van der Waals surface area contributed by atoms with Gasteiger partial charge in [0.2, 0.25) is 0 Å². The first-order valence-electron chi connectivity index (χ1n) is 8.80. The third-order valence-corrected chi connectivity index (χ3v) is 5.96. The Morgan fingerprint density at radius 3 is 3.08 bits per heavy atom. The monoisotopic (exact) mass is 358 g/mol. The summed E-state index contributed by atoms with van der Waals surface area (Å²) < 4.78 is 9.07. The summed E-state index contributed by atoms with van der Waals surface area (Å²) in [7, 11) is 1.87. The van der Waals surface area contributed by atoms with Crippen LogP contribution < -0.4 is 4.87 Å². The third-order valence-electron chi connectivity index (χ3n) is 4.91. The van der Waals surface area contributed by atoms with Crippen molar-refractivity contribution < 1.29 is 4.52 Å². The molecule has 132 valence electrons. The molecule has 25 heavy (non-hydrogen) atoms. The fourth-order valence-electron chi connectivity index (χ4n) is 3.67. The maximum Gasteiger partial charge on any atom is 0.307 e. The van der Waals surface area contributed by atoms with Crippen LogP contribution in [-0.4, -0.2) is 19.5 Å². The van der Waals surface area contributed by atoms with E-state index in [-0.39, 0.29) is 4.87 Å². The highest BCUT2D eigenvalue weighted by atomic mass is 32.1. The molecule has 0 unspecified atom stereocenters. The number of aromatic nitrogens is 4. The van der Waals surface area contributed by atoms with Crippen molar-refractivity contribution in [3.63, 3.8) is 0 Å². The first kappa shape index (κ1) is 16.3. The number of nitrogens with zero attached hydrogens (tertiary/aromatic N) is 4. The summed E-state index contributed by atoms with van der Waals surface area (Å²) in [6, 6.07) is 1.90. The van der Waals surface area contributed by atoms with Crippen LogP contribution in [0.25, 0.3) is 11.3 Å². The molecule has 4 rings (SSSR count). The predicted molar refractivity (Wildman–Crippen MR) is 96.8 cm³/mol. The quantitative estimate of drug-likeness (QED) is 0.702. The lowest BCUT2D eigenvalue weighted by Crippen LogP contribution is -2.20. The van der Waals surface area contributed by atoms with E-state index in [1.165, 1.54) is 41.2 Å². The molecule has 0 spiro atoms. The summed E-state index contributed by atoms with van der Waals surface area (Å²) in [6.45, 7) is 2.68. The zero-order valence-electron chi connectivity index (χ0n) is 14.6. The van der Waals surface area contributed by atoms with Gasteiger partial charge in [0.25, 0.3) is 0 Å². The number of rotatable bonds is 5. The van der Waals surface area contributed by atoms with Crippen molar-refractivity contribution in [1.82, 2.24) is 19.5 Å². The molecule has 3 aromatic heterocycles. The van der Waals surface area contributed by atoms with Gasteiger partial charge in [0.15, 0.2) is 5.76 Å². The van der Waals surface area contributed by atoms with E-state index in [4.69, 9.17) is 4.52 Å². The van der Waals surface area contributed by atoms with Gasteiger partial charge in [-0.15, -0.1) is 0 Å². The van der Waals surface area contributed by atoms with Crippen molar-refractivity contribution in [2.45, 2.75) is 45.6 Å². The highest BCUT2D eigenvalue weighted by Crippen LogP contribution is 2.30. The predicted octanol–water partition coefficient (Wildman–Crippen LogP) is 3.25. The van der Waals surface area contributed by atoms with Crippen molar-refractivity contribution in [2.75, 3.05) is 0 Å². The molecular weight excluding hydrogens is 336 g/mol. The highest BCUT2D eigenvalue weighted by molar-refractivity contribution is 7.09. The Hall–Kier alpha value is -2.15. The summed E-state index contributed by atoms with van der Waals surface area (Å²) in [5.74, 6) is 1.43. The van der Waals surface area contributed by atoms with Gasteiger partial charge in [-0.05, 0) is 25.2 Å². The minimum Gasteiger partial charge on any atom is -0.359 e. The van der Waals surface area contributed by atoms with Gasteiger partial charge in [-0.25, -0.2) is 0 Å². The summed E-state index contributed by atoms with van der Waals surface area (Å²) >= 11 is 1.40. The standard InChI is InChI=1S/C18H22N4O2S/c1-3-4-12-5-6-16-17(7-12)25-18(23)22(16)11-14-8-15(20-24-14)13-9-19-21(2)10-13/h8-10,12H,3-7,11H2,1-2H3/t12-/m1/s1. The van der Waals surface area contributed by atoms with Gasteiger partial charge < -0.3 is 4.52 Å². The molecule has 0 saturated heterocycles. The van der Waals surface area contributed by atoms with Crippen LogP contribution in [0.3, 0.4) is 0 Å². The van der Waals surface area contributed by atoms with E-state index >= 15 is 0 Å². The second-order valence-electron chi connectivity index (χ2n) is 6.80. The Bertz CT molecular complexity index is 933. The van der Waals surface area contributed by atoms with Crippen LogP contribution in [-0.2, 0) is 26.4 Å². The van der Waals surface area contributed by atoms with E-state index < -0.39 is 0 Å². The van der Waals surface area contributed by atoms with Crippen molar-refractivity contribution >= 4 is 11.3 Å². The Morgan fingerprint density at radius 1 is 1.44 bits per heavy atom. The molecule has 3 aromatic rings. The average Bonchev–Trinajstić information content (AvgIpc) is 3.28. The molecule has 1 aliphatic rings. The van der Waals surface area contributed by atoms with Gasteiger partial charge in [0, 0.05) is 35.4 Å². The lowest BCUT2D eigenvalue weighted by atomic mass is 9.88. The number of aryl methyl sites for hydroxylation is 1. The molecule has 0 fully saturated rings. The fourth-order valence-corrected chi connectivity index (χ4v) is 4.81. The van der Waals surface area contributed by atoms with Gasteiger partial charge in [0.05, 0.1) is 12.7 Å². The molecule has 3 heterocycles. The molecule has 0 bridgehead atoms. The Balaban J connectivity index is 1.56. The SMILES string of the molecule is CCC[C@@H]1CCc2c(sc(=O)n2Cc2cc(-c3cnn(C)c3)no2)C1. The molecule has 0 amide bonds. The van der Waals surface area contributed by atoms with Crippen molar-refractivity contribution in [3.05, 3.63) is 44.5 Å². The highest BCUT2D eigenvalue weighted by Gasteiger charge is 2.24. The smallest absolute Gasteiger partial charge is 0.307 e. The fraction of sp³-hybridized carbons (Fsp3) is 0.500. The van der Waals surface area contributed by atoms with Crippen molar-refractivity contribution in [1.29, 1.82) is 0 Å². The van der Waals surface area contributed by atoms with Gasteiger partial charge in [-0.3, -0.25) is 14.0 Å². The second kappa shape index (κ2) is 6.63.